The Morgan fingerprint density at radius 1 is 1.27 bits per heavy atom. The Kier molecular flexibility index (Phi) is 4.21. The molecule has 1 aliphatic heterocycles. The SMILES string of the molecule is COCCn1c(C(=O)N2Cc3cnc(N)nc3C2)cc2c(=O)n3ccccc3nc21. The van der Waals surface area contributed by atoms with Crippen LogP contribution in [0.4, 0.5) is 5.95 Å². The number of nitrogens with zero attached hydrogens (tertiary/aromatic N) is 6. The van der Waals surface area contributed by atoms with Gasteiger partial charge in [0.15, 0.2) is 0 Å². The van der Waals surface area contributed by atoms with Gasteiger partial charge in [-0.2, -0.15) is 0 Å². The zero-order valence-electron chi connectivity index (χ0n) is 16.3. The molecule has 152 valence electrons. The molecular formula is C20H19N7O3. The first kappa shape index (κ1) is 18.3. The largest absolute Gasteiger partial charge is 0.383 e. The number of hydrogen-bond acceptors (Lipinski definition) is 7. The summed E-state index contributed by atoms with van der Waals surface area (Å²) in [4.78, 5) is 40.9. The highest BCUT2D eigenvalue weighted by Crippen LogP contribution is 2.25. The predicted molar refractivity (Wildman–Crippen MR) is 109 cm³/mol. The smallest absolute Gasteiger partial charge is 0.271 e. The van der Waals surface area contributed by atoms with Crippen molar-refractivity contribution in [2.75, 3.05) is 19.5 Å². The lowest BCUT2D eigenvalue weighted by atomic mass is 10.3. The molecule has 4 aromatic rings. The molecule has 0 unspecified atom stereocenters. The normalized spacial score (nSPS) is 13.3. The van der Waals surface area contributed by atoms with E-state index in [1.54, 1.807) is 47.2 Å². The van der Waals surface area contributed by atoms with Crippen LogP contribution in [0.1, 0.15) is 21.7 Å². The highest BCUT2D eigenvalue weighted by molar-refractivity contribution is 5.98. The first-order chi connectivity index (χ1) is 14.6. The van der Waals surface area contributed by atoms with Crippen molar-refractivity contribution in [2.45, 2.75) is 19.6 Å². The molecule has 0 radical (unpaired) electrons. The molecule has 5 heterocycles. The maximum Gasteiger partial charge on any atom is 0.271 e. The molecule has 0 saturated carbocycles. The number of fused-ring (bicyclic) bond motifs is 3. The lowest BCUT2D eigenvalue weighted by molar-refractivity contribution is 0.0737. The summed E-state index contributed by atoms with van der Waals surface area (Å²) >= 11 is 0. The first-order valence-corrected chi connectivity index (χ1v) is 9.46. The molecular weight excluding hydrogens is 386 g/mol. The van der Waals surface area contributed by atoms with E-state index in [1.807, 2.05) is 6.07 Å². The predicted octanol–water partition coefficient (Wildman–Crippen LogP) is 0.824. The van der Waals surface area contributed by atoms with Gasteiger partial charge in [-0.1, -0.05) is 6.07 Å². The number of nitrogen functional groups attached to an aromatic ring is 1. The maximum atomic E-state index is 13.4. The molecule has 30 heavy (non-hydrogen) atoms. The number of carbonyl (C=O) groups is 1. The summed E-state index contributed by atoms with van der Waals surface area (Å²) < 4.78 is 8.44. The monoisotopic (exact) mass is 405 g/mol. The number of amides is 1. The van der Waals surface area contributed by atoms with Crippen LogP contribution in [0.25, 0.3) is 16.7 Å². The average molecular weight is 405 g/mol. The summed E-state index contributed by atoms with van der Waals surface area (Å²) in [5, 5.41) is 0.388. The lowest BCUT2D eigenvalue weighted by Gasteiger charge is -2.17. The molecule has 0 saturated heterocycles. The second-order valence-corrected chi connectivity index (χ2v) is 7.12. The summed E-state index contributed by atoms with van der Waals surface area (Å²) in [6, 6.07) is 6.96. The number of rotatable bonds is 4. The van der Waals surface area contributed by atoms with Crippen molar-refractivity contribution in [2.24, 2.45) is 0 Å². The van der Waals surface area contributed by atoms with Gasteiger partial charge in [-0.05, 0) is 18.2 Å². The Labute approximate surface area is 170 Å². The van der Waals surface area contributed by atoms with Crippen LogP contribution in [0.5, 0.6) is 0 Å². The number of anilines is 1. The summed E-state index contributed by atoms with van der Waals surface area (Å²) in [6.07, 6.45) is 3.31. The topological polar surface area (TPSA) is 121 Å². The van der Waals surface area contributed by atoms with Gasteiger partial charge in [-0.25, -0.2) is 15.0 Å². The van der Waals surface area contributed by atoms with Crippen LogP contribution in [0, 0.1) is 0 Å². The van der Waals surface area contributed by atoms with Crippen molar-refractivity contribution in [1.82, 2.24) is 28.8 Å². The molecule has 5 rings (SSSR count). The lowest BCUT2D eigenvalue weighted by Crippen LogP contribution is -2.28. The summed E-state index contributed by atoms with van der Waals surface area (Å²) in [7, 11) is 1.59. The number of methoxy groups -OCH3 is 1. The zero-order valence-corrected chi connectivity index (χ0v) is 16.3. The number of nitrogens with two attached hydrogens (primary N) is 1. The highest BCUT2D eigenvalue weighted by Gasteiger charge is 2.29. The summed E-state index contributed by atoms with van der Waals surface area (Å²) in [6.45, 7) is 1.49. The van der Waals surface area contributed by atoms with E-state index < -0.39 is 0 Å². The summed E-state index contributed by atoms with van der Waals surface area (Å²) in [5.41, 5.74) is 8.42. The third kappa shape index (κ3) is 2.80. The molecule has 0 spiro atoms. The van der Waals surface area contributed by atoms with Crippen LogP contribution < -0.4 is 11.3 Å². The third-order valence-electron chi connectivity index (χ3n) is 5.28. The number of ether oxygens (including phenoxy) is 1. The van der Waals surface area contributed by atoms with Crippen LogP contribution >= 0.6 is 0 Å². The Bertz CT molecular complexity index is 1360. The van der Waals surface area contributed by atoms with Gasteiger partial charge in [0.2, 0.25) is 5.95 Å². The average Bonchev–Trinajstić information content (AvgIpc) is 3.33. The molecule has 0 atom stereocenters. The number of hydrogen-bond donors (Lipinski definition) is 1. The molecule has 0 fully saturated rings. The Hall–Kier alpha value is -3.79. The maximum absolute atomic E-state index is 13.4. The van der Waals surface area contributed by atoms with Gasteiger partial charge >= 0.3 is 0 Å². The van der Waals surface area contributed by atoms with E-state index in [2.05, 4.69) is 15.0 Å². The number of aromatic nitrogens is 5. The fourth-order valence-electron chi connectivity index (χ4n) is 3.81. The fraction of sp³-hybridized carbons (Fsp3) is 0.250. The Morgan fingerprint density at radius 3 is 2.97 bits per heavy atom. The Morgan fingerprint density at radius 2 is 2.13 bits per heavy atom. The minimum Gasteiger partial charge on any atom is -0.383 e. The van der Waals surface area contributed by atoms with Crippen molar-refractivity contribution >= 4 is 28.5 Å². The van der Waals surface area contributed by atoms with Gasteiger partial charge < -0.3 is 19.9 Å². The molecule has 10 nitrogen and oxygen atoms in total. The van der Waals surface area contributed by atoms with Crippen LogP contribution in [0.15, 0.2) is 41.5 Å². The molecule has 0 aromatic carbocycles. The van der Waals surface area contributed by atoms with E-state index in [4.69, 9.17) is 10.5 Å². The zero-order chi connectivity index (χ0) is 20.8. The van der Waals surface area contributed by atoms with Gasteiger partial charge in [0.1, 0.15) is 17.0 Å². The quantitative estimate of drug-likeness (QED) is 0.534. The van der Waals surface area contributed by atoms with E-state index in [-0.39, 0.29) is 17.4 Å². The minimum absolute atomic E-state index is 0.182. The van der Waals surface area contributed by atoms with Crippen molar-refractivity contribution in [1.29, 1.82) is 0 Å². The van der Waals surface area contributed by atoms with Gasteiger partial charge in [0.25, 0.3) is 11.5 Å². The minimum atomic E-state index is -0.218. The fourth-order valence-corrected chi connectivity index (χ4v) is 3.81. The van der Waals surface area contributed by atoms with E-state index in [1.165, 1.54) is 4.40 Å². The van der Waals surface area contributed by atoms with E-state index >= 15 is 0 Å². The second-order valence-electron chi connectivity index (χ2n) is 7.12. The number of pyridine rings is 1. The second kappa shape index (κ2) is 6.92. The van der Waals surface area contributed by atoms with Crippen LogP contribution in [0.3, 0.4) is 0 Å². The van der Waals surface area contributed by atoms with Crippen LogP contribution in [0.2, 0.25) is 0 Å². The highest BCUT2D eigenvalue weighted by atomic mass is 16.5. The molecule has 4 aromatic heterocycles. The van der Waals surface area contributed by atoms with E-state index in [9.17, 15) is 9.59 Å². The van der Waals surface area contributed by atoms with Crippen LogP contribution in [-0.2, 0) is 24.4 Å². The van der Waals surface area contributed by atoms with Crippen molar-refractivity contribution < 1.29 is 9.53 Å². The van der Waals surface area contributed by atoms with Gasteiger partial charge in [0.05, 0.1) is 24.2 Å². The molecule has 2 N–H and O–H groups in total. The van der Waals surface area contributed by atoms with Crippen LogP contribution in [-0.4, -0.2) is 48.4 Å². The standard InChI is InChI=1S/C20H19N7O3/c1-30-7-6-26-15(19(29)25-10-12-9-22-20(21)23-14(12)11-25)8-13-17(26)24-16-4-2-3-5-27(16)18(13)28/h2-5,8-9H,6-7,10-11H2,1H3,(H2,21,22,23). The van der Waals surface area contributed by atoms with Crippen molar-refractivity contribution in [3.8, 4) is 0 Å². The van der Waals surface area contributed by atoms with Gasteiger partial charge in [0, 0.05) is 38.2 Å². The van der Waals surface area contributed by atoms with Crippen molar-refractivity contribution in [3.63, 3.8) is 0 Å². The van der Waals surface area contributed by atoms with Gasteiger partial charge in [-0.3, -0.25) is 14.0 Å². The van der Waals surface area contributed by atoms with Gasteiger partial charge in [-0.15, -0.1) is 0 Å². The molecule has 1 amide bonds. The Balaban J connectivity index is 1.63. The molecule has 0 bridgehead atoms. The molecule has 1 aliphatic rings. The first-order valence-electron chi connectivity index (χ1n) is 9.46. The number of carbonyl (C=O) groups excluding carboxylic acids is 1. The summed E-state index contributed by atoms with van der Waals surface area (Å²) in [5.74, 6) is -0.0321. The van der Waals surface area contributed by atoms with E-state index in [0.717, 1.165) is 11.3 Å². The third-order valence-corrected chi connectivity index (χ3v) is 5.28. The van der Waals surface area contributed by atoms with E-state index in [0.29, 0.717) is 48.6 Å². The van der Waals surface area contributed by atoms with Crippen molar-refractivity contribution in [3.05, 3.63) is 64.0 Å². The molecule has 10 heteroatoms. The molecule has 0 aliphatic carbocycles.